The molecule has 4 heterocycles. The summed E-state index contributed by atoms with van der Waals surface area (Å²) in [6.45, 7) is 3.21. The molecule has 1 atom stereocenters. The fourth-order valence-corrected chi connectivity index (χ4v) is 4.67. The SMILES string of the molecule is c1ccc(CN2CCC(N[C@H]3CCCc4c3cnn4-c3ccccn3)CC2)nc1. The minimum atomic E-state index is 0.406. The summed E-state index contributed by atoms with van der Waals surface area (Å²) in [4.78, 5) is 11.5. The number of nitrogens with zero attached hydrogens (tertiary/aromatic N) is 5. The molecule has 1 aliphatic heterocycles. The highest BCUT2D eigenvalue weighted by Crippen LogP contribution is 2.32. The molecule has 6 nitrogen and oxygen atoms in total. The largest absolute Gasteiger partial charge is 0.307 e. The third-order valence-corrected chi connectivity index (χ3v) is 6.19. The van der Waals surface area contributed by atoms with Crippen molar-refractivity contribution in [2.75, 3.05) is 13.1 Å². The summed E-state index contributed by atoms with van der Waals surface area (Å²) in [6, 6.07) is 13.1. The molecule has 0 unspecified atom stereocenters. The maximum Gasteiger partial charge on any atom is 0.153 e. The van der Waals surface area contributed by atoms with Crippen LogP contribution in [-0.4, -0.2) is 43.8 Å². The van der Waals surface area contributed by atoms with Crippen LogP contribution in [0, 0.1) is 0 Å². The molecular formula is C23H28N6. The van der Waals surface area contributed by atoms with Crippen molar-refractivity contribution in [3.05, 3.63) is 71.9 Å². The van der Waals surface area contributed by atoms with Crippen LogP contribution in [-0.2, 0) is 13.0 Å². The van der Waals surface area contributed by atoms with Crippen molar-refractivity contribution < 1.29 is 0 Å². The Morgan fingerprint density at radius 2 is 1.79 bits per heavy atom. The van der Waals surface area contributed by atoms with Crippen LogP contribution in [0.4, 0.5) is 0 Å². The van der Waals surface area contributed by atoms with Crippen molar-refractivity contribution in [3.8, 4) is 5.82 Å². The van der Waals surface area contributed by atoms with Crippen molar-refractivity contribution in [1.82, 2.24) is 30.0 Å². The highest BCUT2D eigenvalue weighted by Gasteiger charge is 2.28. The van der Waals surface area contributed by atoms with Crippen LogP contribution >= 0.6 is 0 Å². The number of hydrogen-bond acceptors (Lipinski definition) is 5. The molecular weight excluding hydrogens is 360 g/mol. The lowest BCUT2D eigenvalue weighted by atomic mass is 9.91. The molecule has 0 radical (unpaired) electrons. The van der Waals surface area contributed by atoms with Gasteiger partial charge in [0.1, 0.15) is 0 Å². The summed E-state index contributed by atoms with van der Waals surface area (Å²) < 4.78 is 2.03. The molecule has 150 valence electrons. The summed E-state index contributed by atoms with van der Waals surface area (Å²) in [5.41, 5.74) is 3.84. The van der Waals surface area contributed by atoms with Crippen LogP contribution < -0.4 is 5.32 Å². The summed E-state index contributed by atoms with van der Waals surface area (Å²) >= 11 is 0. The molecule has 6 heteroatoms. The van der Waals surface area contributed by atoms with E-state index in [1.165, 1.54) is 36.9 Å². The lowest BCUT2D eigenvalue weighted by molar-refractivity contribution is 0.180. The van der Waals surface area contributed by atoms with Crippen LogP contribution in [0.3, 0.4) is 0 Å². The highest BCUT2D eigenvalue weighted by atomic mass is 15.3. The highest BCUT2D eigenvalue weighted by molar-refractivity contribution is 5.32. The molecule has 29 heavy (non-hydrogen) atoms. The first-order valence-corrected chi connectivity index (χ1v) is 10.7. The quantitative estimate of drug-likeness (QED) is 0.727. The van der Waals surface area contributed by atoms with Gasteiger partial charge in [0.05, 0.1) is 17.6 Å². The smallest absolute Gasteiger partial charge is 0.153 e. The van der Waals surface area contributed by atoms with Gasteiger partial charge in [-0.1, -0.05) is 12.1 Å². The van der Waals surface area contributed by atoms with E-state index < -0.39 is 0 Å². The van der Waals surface area contributed by atoms with Gasteiger partial charge in [0.25, 0.3) is 0 Å². The van der Waals surface area contributed by atoms with E-state index in [0.717, 1.165) is 37.6 Å². The number of rotatable bonds is 5. The van der Waals surface area contributed by atoms with Gasteiger partial charge in [-0.15, -0.1) is 0 Å². The van der Waals surface area contributed by atoms with E-state index in [1.54, 1.807) is 0 Å². The van der Waals surface area contributed by atoms with E-state index in [1.807, 2.05) is 41.3 Å². The molecule has 0 aromatic carbocycles. The Morgan fingerprint density at radius 3 is 2.55 bits per heavy atom. The van der Waals surface area contributed by atoms with Gasteiger partial charge in [-0.3, -0.25) is 9.88 Å². The fraction of sp³-hybridized carbons (Fsp3) is 0.435. The monoisotopic (exact) mass is 388 g/mol. The Hall–Kier alpha value is -2.57. The Balaban J connectivity index is 1.21. The van der Waals surface area contributed by atoms with E-state index in [2.05, 4.69) is 43.6 Å². The Kier molecular flexibility index (Phi) is 5.37. The van der Waals surface area contributed by atoms with Gasteiger partial charge >= 0.3 is 0 Å². The van der Waals surface area contributed by atoms with Crippen molar-refractivity contribution in [1.29, 1.82) is 0 Å². The van der Waals surface area contributed by atoms with Gasteiger partial charge in [-0.25, -0.2) is 9.67 Å². The minimum Gasteiger partial charge on any atom is -0.307 e. The average molecular weight is 389 g/mol. The molecule has 0 amide bonds. The zero-order valence-corrected chi connectivity index (χ0v) is 16.7. The normalized spacial score (nSPS) is 20.5. The number of aromatic nitrogens is 4. The first kappa shape index (κ1) is 18.5. The lowest BCUT2D eigenvalue weighted by Crippen LogP contribution is -2.44. The average Bonchev–Trinajstić information content (AvgIpc) is 3.22. The summed E-state index contributed by atoms with van der Waals surface area (Å²) in [5.74, 6) is 0.914. The predicted molar refractivity (Wildman–Crippen MR) is 113 cm³/mol. The van der Waals surface area contributed by atoms with E-state index in [4.69, 9.17) is 0 Å². The molecule has 1 saturated heterocycles. The third-order valence-electron chi connectivity index (χ3n) is 6.19. The standard InChI is InChI=1S/C23H28N6/c1-3-12-24-19(6-1)17-28-14-10-18(11-15-28)27-21-7-5-8-22-20(21)16-26-29(22)23-9-2-4-13-25-23/h1-4,6,9,12-13,16,18,21,27H,5,7-8,10-11,14-15,17H2/t21-/m0/s1. The zero-order chi connectivity index (χ0) is 19.5. The fourth-order valence-electron chi connectivity index (χ4n) is 4.67. The van der Waals surface area contributed by atoms with Crippen molar-refractivity contribution in [2.45, 2.75) is 50.7 Å². The van der Waals surface area contributed by atoms with E-state index >= 15 is 0 Å². The minimum absolute atomic E-state index is 0.406. The maximum absolute atomic E-state index is 4.67. The van der Waals surface area contributed by atoms with E-state index in [-0.39, 0.29) is 0 Å². The number of fused-ring (bicyclic) bond motifs is 1. The number of piperidine rings is 1. The Labute approximate surface area is 172 Å². The first-order chi connectivity index (χ1) is 14.4. The molecule has 0 saturated carbocycles. The summed E-state index contributed by atoms with van der Waals surface area (Å²) in [7, 11) is 0. The molecule has 0 bridgehead atoms. The van der Waals surface area contributed by atoms with Crippen molar-refractivity contribution in [3.63, 3.8) is 0 Å². The lowest BCUT2D eigenvalue weighted by Gasteiger charge is -2.35. The van der Waals surface area contributed by atoms with Gasteiger partial charge in [0.15, 0.2) is 5.82 Å². The molecule has 3 aromatic heterocycles. The van der Waals surface area contributed by atoms with Gasteiger partial charge < -0.3 is 5.32 Å². The molecule has 1 fully saturated rings. The van der Waals surface area contributed by atoms with Crippen molar-refractivity contribution >= 4 is 0 Å². The molecule has 1 N–H and O–H groups in total. The molecule has 1 aliphatic carbocycles. The second kappa shape index (κ2) is 8.43. The molecule has 2 aliphatic rings. The molecule has 5 rings (SSSR count). The summed E-state index contributed by atoms with van der Waals surface area (Å²) in [5, 5.41) is 8.62. The molecule has 3 aromatic rings. The molecule has 0 spiro atoms. The number of nitrogens with one attached hydrogen (secondary N) is 1. The Bertz CT molecular complexity index is 915. The second-order valence-corrected chi connectivity index (χ2v) is 8.13. The Morgan fingerprint density at radius 1 is 0.966 bits per heavy atom. The van der Waals surface area contributed by atoms with E-state index in [9.17, 15) is 0 Å². The second-order valence-electron chi connectivity index (χ2n) is 8.13. The van der Waals surface area contributed by atoms with E-state index in [0.29, 0.717) is 12.1 Å². The van der Waals surface area contributed by atoms with Crippen LogP contribution in [0.2, 0.25) is 0 Å². The predicted octanol–water partition coefficient (Wildman–Crippen LogP) is 3.29. The number of likely N-dealkylation sites (tertiary alicyclic amines) is 1. The number of pyridine rings is 2. The third kappa shape index (κ3) is 4.09. The van der Waals surface area contributed by atoms with Crippen LogP contribution in [0.1, 0.15) is 48.7 Å². The van der Waals surface area contributed by atoms with Crippen LogP contribution in [0.15, 0.2) is 55.0 Å². The van der Waals surface area contributed by atoms with Gasteiger partial charge in [-0.05, 0) is 56.4 Å². The summed E-state index contributed by atoms with van der Waals surface area (Å²) in [6.07, 6.45) is 11.6. The van der Waals surface area contributed by atoms with Crippen LogP contribution in [0.5, 0.6) is 0 Å². The van der Waals surface area contributed by atoms with Crippen LogP contribution in [0.25, 0.3) is 5.82 Å². The first-order valence-electron chi connectivity index (χ1n) is 10.7. The maximum atomic E-state index is 4.67. The van der Waals surface area contributed by atoms with Gasteiger partial charge in [0, 0.05) is 49.7 Å². The topological polar surface area (TPSA) is 58.9 Å². The number of hydrogen-bond donors (Lipinski definition) is 1. The zero-order valence-electron chi connectivity index (χ0n) is 16.7. The van der Waals surface area contributed by atoms with Gasteiger partial charge in [0.2, 0.25) is 0 Å². The van der Waals surface area contributed by atoms with Crippen molar-refractivity contribution in [2.24, 2.45) is 0 Å². The van der Waals surface area contributed by atoms with Gasteiger partial charge in [-0.2, -0.15) is 5.10 Å².